The predicted octanol–water partition coefficient (Wildman–Crippen LogP) is 3.77. The average molecular weight is 451 g/mol. The standard InChI is InChI=1S/C25H28N3OS2/c1-6-15-28-22(16-20-14-13-19-11-9-10-12-21(19)27(20)8-3)31-23(24(28)29)25-26(7-2)17(4)18(5)30-25/h6,9-14,16H,1,7-8,15H2,2-5H3/q+1/b25-23-. The first kappa shape index (κ1) is 21.7. The summed E-state index contributed by atoms with van der Waals surface area (Å²) in [5.74, 6) is 0. The maximum absolute atomic E-state index is 13.4. The highest BCUT2D eigenvalue weighted by molar-refractivity contribution is 8.11. The highest BCUT2D eigenvalue weighted by atomic mass is 32.2. The van der Waals surface area contributed by atoms with Crippen molar-refractivity contribution in [1.29, 1.82) is 0 Å². The maximum Gasteiger partial charge on any atom is 0.272 e. The van der Waals surface area contributed by atoms with Gasteiger partial charge < -0.3 is 4.90 Å². The van der Waals surface area contributed by atoms with Crippen LogP contribution in [-0.2, 0) is 13.1 Å². The summed E-state index contributed by atoms with van der Waals surface area (Å²) in [5, 5.41) is 2.26. The first-order chi connectivity index (χ1) is 15.0. The Kier molecular flexibility index (Phi) is 6.21. The van der Waals surface area contributed by atoms with Gasteiger partial charge in [-0.25, -0.2) is 0 Å². The number of benzene rings is 1. The van der Waals surface area contributed by atoms with Crippen LogP contribution in [0.3, 0.4) is 0 Å². The Labute approximate surface area is 191 Å². The van der Waals surface area contributed by atoms with Crippen LogP contribution in [-0.4, -0.2) is 16.0 Å². The third-order valence-corrected chi connectivity index (χ3v) is 8.17. The number of hydrogen-bond donors (Lipinski definition) is 0. The molecular formula is C25H28N3OS2+. The van der Waals surface area contributed by atoms with Gasteiger partial charge in [-0.15, -0.1) is 17.9 Å². The quantitative estimate of drug-likeness (QED) is 0.438. The lowest BCUT2D eigenvalue weighted by molar-refractivity contribution is -0.669. The van der Waals surface area contributed by atoms with E-state index in [1.54, 1.807) is 29.2 Å². The topological polar surface area (TPSA) is 29.1 Å². The molecule has 1 aromatic carbocycles. The molecule has 0 aliphatic carbocycles. The number of aryl methyl sites for hydroxylation is 1. The van der Waals surface area contributed by atoms with Gasteiger partial charge in [-0.1, -0.05) is 30.0 Å². The molecule has 0 atom stereocenters. The van der Waals surface area contributed by atoms with Crippen LogP contribution in [0, 0.1) is 0 Å². The molecule has 0 saturated heterocycles. The van der Waals surface area contributed by atoms with Crippen molar-refractivity contribution in [2.24, 2.45) is 0 Å². The predicted molar refractivity (Wildman–Crippen MR) is 133 cm³/mol. The Bertz CT molecular complexity index is 1380. The first-order valence-corrected chi connectivity index (χ1v) is 12.2. The molecule has 3 heterocycles. The van der Waals surface area contributed by atoms with E-state index in [9.17, 15) is 4.79 Å². The highest BCUT2D eigenvalue weighted by Gasteiger charge is 2.24. The van der Waals surface area contributed by atoms with Crippen LogP contribution < -0.4 is 19.3 Å². The summed E-state index contributed by atoms with van der Waals surface area (Å²) in [6, 6.07) is 12.7. The molecule has 0 radical (unpaired) electrons. The SMILES string of the molecule is C=CCn1c(=O)/c(=C2/SC(C)=C(C)N2CC)s/c1=C/c1ccc2ccccc2[n+]1CC. The molecule has 1 aliphatic heterocycles. The van der Waals surface area contributed by atoms with Crippen molar-refractivity contribution in [3.05, 3.63) is 84.9 Å². The number of nitrogens with zero attached hydrogens (tertiary/aromatic N) is 3. The molecule has 0 fully saturated rings. The zero-order valence-electron chi connectivity index (χ0n) is 18.5. The molecule has 2 aromatic heterocycles. The Balaban J connectivity index is 1.99. The van der Waals surface area contributed by atoms with Crippen LogP contribution in [0.1, 0.15) is 33.4 Å². The lowest BCUT2D eigenvalue weighted by atomic mass is 10.2. The lowest BCUT2D eigenvalue weighted by Crippen LogP contribution is -2.38. The maximum atomic E-state index is 13.4. The molecule has 4 nitrogen and oxygen atoms in total. The number of fused-ring (bicyclic) bond motifs is 1. The van der Waals surface area contributed by atoms with Crippen molar-refractivity contribution in [3.63, 3.8) is 0 Å². The van der Waals surface area contributed by atoms with Crippen molar-refractivity contribution < 1.29 is 4.57 Å². The van der Waals surface area contributed by atoms with E-state index in [1.165, 1.54) is 21.5 Å². The number of pyridine rings is 1. The number of rotatable bonds is 5. The molecular weight excluding hydrogens is 422 g/mol. The van der Waals surface area contributed by atoms with Gasteiger partial charge >= 0.3 is 0 Å². The highest BCUT2D eigenvalue weighted by Crippen LogP contribution is 2.40. The second-order valence-corrected chi connectivity index (χ2v) is 9.71. The summed E-state index contributed by atoms with van der Waals surface area (Å²) in [4.78, 5) is 16.9. The van der Waals surface area contributed by atoms with Crippen LogP contribution in [0.2, 0.25) is 0 Å². The van der Waals surface area contributed by atoms with Gasteiger partial charge in [0.1, 0.15) is 20.8 Å². The van der Waals surface area contributed by atoms with Crippen LogP contribution in [0.5, 0.6) is 0 Å². The normalized spacial score (nSPS) is 16.6. The molecule has 0 spiro atoms. The van der Waals surface area contributed by atoms with Gasteiger partial charge in [0.2, 0.25) is 11.2 Å². The second-order valence-electron chi connectivity index (χ2n) is 7.47. The number of aromatic nitrogens is 2. The number of allylic oxidation sites excluding steroid dienone is 3. The molecule has 6 heteroatoms. The van der Waals surface area contributed by atoms with Gasteiger partial charge in [0.15, 0.2) is 0 Å². The van der Waals surface area contributed by atoms with E-state index >= 15 is 0 Å². The van der Waals surface area contributed by atoms with Crippen LogP contribution in [0.4, 0.5) is 0 Å². The fourth-order valence-electron chi connectivity index (χ4n) is 4.02. The zero-order valence-corrected chi connectivity index (χ0v) is 20.1. The van der Waals surface area contributed by atoms with E-state index in [-0.39, 0.29) is 5.56 Å². The lowest BCUT2D eigenvalue weighted by Gasteiger charge is -2.17. The fourth-order valence-corrected chi connectivity index (χ4v) is 6.43. The summed E-state index contributed by atoms with van der Waals surface area (Å²) >= 11 is 3.28. The summed E-state index contributed by atoms with van der Waals surface area (Å²) in [6.07, 6.45) is 3.93. The van der Waals surface area contributed by atoms with E-state index in [2.05, 4.69) is 86.2 Å². The van der Waals surface area contributed by atoms with Crippen molar-refractivity contribution >= 4 is 45.1 Å². The minimum absolute atomic E-state index is 0.0587. The molecule has 0 bridgehead atoms. The second kappa shape index (κ2) is 8.89. The summed E-state index contributed by atoms with van der Waals surface area (Å²) in [7, 11) is 0. The number of thiazole rings is 1. The summed E-state index contributed by atoms with van der Waals surface area (Å²) < 4.78 is 5.89. The van der Waals surface area contributed by atoms with Gasteiger partial charge in [-0.05, 0) is 39.8 Å². The van der Waals surface area contributed by atoms with E-state index in [0.717, 1.165) is 33.0 Å². The van der Waals surface area contributed by atoms with Gasteiger partial charge in [-0.3, -0.25) is 9.36 Å². The Morgan fingerprint density at radius 3 is 2.61 bits per heavy atom. The number of thioether (sulfide) groups is 1. The van der Waals surface area contributed by atoms with Gasteiger partial charge in [0, 0.05) is 47.3 Å². The smallest absolute Gasteiger partial charge is 0.272 e. The molecule has 31 heavy (non-hydrogen) atoms. The molecule has 0 N–H and O–H groups in total. The molecule has 3 aromatic rings. The molecule has 4 rings (SSSR count). The van der Waals surface area contributed by atoms with E-state index in [0.29, 0.717) is 6.54 Å². The Morgan fingerprint density at radius 1 is 1.13 bits per heavy atom. The van der Waals surface area contributed by atoms with Gasteiger partial charge in [0.25, 0.3) is 5.56 Å². The van der Waals surface area contributed by atoms with Crippen LogP contribution in [0.25, 0.3) is 22.0 Å². The zero-order chi connectivity index (χ0) is 22.1. The fraction of sp³-hybridized carbons (Fsp3) is 0.280. The average Bonchev–Trinajstić information content (AvgIpc) is 3.24. The Morgan fingerprint density at radius 2 is 1.90 bits per heavy atom. The molecule has 1 aliphatic rings. The minimum Gasteiger partial charge on any atom is -0.338 e. The first-order valence-electron chi connectivity index (χ1n) is 10.6. The van der Waals surface area contributed by atoms with E-state index in [4.69, 9.17) is 0 Å². The monoisotopic (exact) mass is 450 g/mol. The number of para-hydroxylation sites is 1. The summed E-state index contributed by atoms with van der Waals surface area (Å²) in [6.45, 7) is 14.6. The van der Waals surface area contributed by atoms with Crippen molar-refractivity contribution in [2.45, 2.75) is 40.8 Å². The molecule has 0 unspecified atom stereocenters. The van der Waals surface area contributed by atoms with Crippen molar-refractivity contribution in [3.8, 4) is 0 Å². The van der Waals surface area contributed by atoms with Crippen molar-refractivity contribution in [1.82, 2.24) is 9.47 Å². The van der Waals surface area contributed by atoms with E-state index < -0.39 is 0 Å². The largest absolute Gasteiger partial charge is 0.338 e. The van der Waals surface area contributed by atoms with Crippen LogP contribution in [0.15, 0.2) is 64.4 Å². The van der Waals surface area contributed by atoms with Crippen molar-refractivity contribution in [2.75, 3.05) is 6.54 Å². The van der Waals surface area contributed by atoms with Gasteiger partial charge in [0.05, 0.1) is 0 Å². The third-order valence-electron chi connectivity index (χ3n) is 5.70. The molecule has 0 amide bonds. The summed E-state index contributed by atoms with van der Waals surface area (Å²) in [5.41, 5.74) is 3.58. The van der Waals surface area contributed by atoms with Gasteiger partial charge in [-0.2, -0.15) is 4.57 Å². The Hall–Kier alpha value is -2.57. The molecule has 160 valence electrons. The van der Waals surface area contributed by atoms with Crippen LogP contribution >= 0.6 is 23.1 Å². The third kappa shape index (κ3) is 3.79. The van der Waals surface area contributed by atoms with E-state index in [1.807, 2.05) is 4.57 Å². The molecule has 0 saturated carbocycles. The number of hydrogen-bond acceptors (Lipinski definition) is 4. The minimum atomic E-state index is 0.0587.